The van der Waals surface area contributed by atoms with Crippen LogP contribution in [0.2, 0.25) is 0 Å². The first-order chi connectivity index (χ1) is 17.7. The summed E-state index contributed by atoms with van der Waals surface area (Å²) >= 11 is 5.88. The molecule has 2 aromatic carbocycles. The molecule has 1 fully saturated rings. The first kappa shape index (κ1) is 23.9. The predicted octanol–water partition coefficient (Wildman–Crippen LogP) is 5.66. The van der Waals surface area contributed by atoms with Gasteiger partial charge in [-0.1, -0.05) is 24.3 Å². The minimum absolute atomic E-state index is 0.0000676. The number of methoxy groups -OCH3 is 1. The van der Waals surface area contributed by atoms with E-state index < -0.39 is 0 Å². The number of aryl methyl sites for hydroxylation is 1. The van der Waals surface area contributed by atoms with Crippen molar-refractivity contribution in [2.45, 2.75) is 25.4 Å². The third kappa shape index (κ3) is 4.93. The van der Waals surface area contributed by atoms with Crippen LogP contribution in [-0.2, 0) is 0 Å². The summed E-state index contributed by atoms with van der Waals surface area (Å²) in [5.74, 6) is 0.840. The Balaban J connectivity index is 1.45. The summed E-state index contributed by atoms with van der Waals surface area (Å²) in [5.41, 5.74) is 5.55. The van der Waals surface area contributed by atoms with Crippen LogP contribution in [0.4, 0.5) is 5.69 Å². The van der Waals surface area contributed by atoms with Crippen molar-refractivity contribution in [2.24, 2.45) is 0 Å². The molecule has 2 unspecified atom stereocenters. The first-order valence-electron chi connectivity index (χ1n) is 12.3. The van der Waals surface area contributed by atoms with Crippen molar-refractivity contribution in [3.63, 3.8) is 0 Å². The van der Waals surface area contributed by atoms with E-state index in [2.05, 4.69) is 74.5 Å². The third-order valence-electron chi connectivity index (χ3n) is 6.62. The maximum Gasteiger partial charge on any atom is 0.170 e. The van der Waals surface area contributed by atoms with Gasteiger partial charge in [0.25, 0.3) is 0 Å². The van der Waals surface area contributed by atoms with Crippen LogP contribution >= 0.6 is 12.2 Å². The van der Waals surface area contributed by atoms with Gasteiger partial charge in [-0.15, -0.1) is 0 Å². The molecule has 4 aromatic rings. The fourth-order valence-corrected chi connectivity index (χ4v) is 5.21. The summed E-state index contributed by atoms with van der Waals surface area (Å²) in [4.78, 5) is 7.00. The van der Waals surface area contributed by atoms with Gasteiger partial charge < -0.3 is 24.8 Å². The largest absolute Gasteiger partial charge is 0.497 e. The van der Waals surface area contributed by atoms with Crippen LogP contribution in [0.25, 0.3) is 5.69 Å². The molecule has 2 N–H and O–H groups in total. The van der Waals surface area contributed by atoms with E-state index in [4.69, 9.17) is 17.0 Å². The molecular weight excluding hydrogens is 466 g/mol. The second-order valence-electron chi connectivity index (χ2n) is 8.90. The molecule has 0 aliphatic carbocycles. The van der Waals surface area contributed by atoms with Gasteiger partial charge in [0, 0.05) is 42.0 Å². The zero-order chi connectivity index (χ0) is 24.9. The van der Waals surface area contributed by atoms with Gasteiger partial charge in [0.1, 0.15) is 5.75 Å². The Morgan fingerprint density at radius 2 is 1.75 bits per heavy atom. The summed E-state index contributed by atoms with van der Waals surface area (Å²) in [6.45, 7) is 3.83. The minimum Gasteiger partial charge on any atom is -0.497 e. The molecule has 184 valence electrons. The van der Waals surface area contributed by atoms with Gasteiger partial charge in [0.2, 0.25) is 0 Å². The number of pyridine rings is 1. The zero-order valence-corrected chi connectivity index (χ0v) is 21.4. The zero-order valence-electron chi connectivity index (χ0n) is 20.6. The van der Waals surface area contributed by atoms with Crippen LogP contribution in [-0.4, -0.2) is 39.8 Å². The maximum absolute atomic E-state index is 5.88. The van der Waals surface area contributed by atoms with E-state index in [1.165, 1.54) is 11.4 Å². The van der Waals surface area contributed by atoms with Crippen molar-refractivity contribution in [3.05, 3.63) is 108 Å². The van der Waals surface area contributed by atoms with Crippen LogP contribution in [0, 0.1) is 6.92 Å². The summed E-state index contributed by atoms with van der Waals surface area (Å²) in [6, 6.07) is 28.9. The van der Waals surface area contributed by atoms with Crippen molar-refractivity contribution >= 4 is 23.0 Å². The van der Waals surface area contributed by atoms with Gasteiger partial charge >= 0.3 is 0 Å². The quantitative estimate of drug-likeness (QED) is 0.230. The topological polar surface area (TPSA) is 54.4 Å². The molecule has 2 aromatic heterocycles. The van der Waals surface area contributed by atoms with E-state index in [0.29, 0.717) is 0 Å². The molecule has 3 heterocycles. The number of aromatic nitrogens is 2. The van der Waals surface area contributed by atoms with Crippen LogP contribution in [0.1, 0.15) is 35.6 Å². The van der Waals surface area contributed by atoms with Crippen molar-refractivity contribution < 1.29 is 4.74 Å². The Kier molecular flexibility index (Phi) is 7.18. The minimum atomic E-state index is -0.0490. The molecule has 7 heteroatoms. The van der Waals surface area contributed by atoms with E-state index in [1.807, 2.05) is 48.7 Å². The number of para-hydroxylation sites is 1. The Hall–Kier alpha value is -3.84. The number of hydrogen-bond donors (Lipinski definition) is 2. The average molecular weight is 498 g/mol. The number of anilines is 1. The van der Waals surface area contributed by atoms with Crippen LogP contribution in [0.3, 0.4) is 0 Å². The molecule has 36 heavy (non-hydrogen) atoms. The fourth-order valence-electron chi connectivity index (χ4n) is 4.88. The number of nitrogens with zero attached hydrogens (tertiary/aromatic N) is 3. The SMILES string of the molecule is COc1ccc(-n2c(C)ccc2C2C(c3ccccn3)NC(=S)N2CCCNc2ccccc2)cc1. The maximum atomic E-state index is 5.88. The van der Waals surface area contributed by atoms with Crippen molar-refractivity contribution in [2.75, 3.05) is 25.5 Å². The lowest BCUT2D eigenvalue weighted by Crippen LogP contribution is -2.32. The lowest BCUT2D eigenvalue weighted by Gasteiger charge is -2.29. The molecule has 0 amide bonds. The molecule has 6 nitrogen and oxygen atoms in total. The third-order valence-corrected chi connectivity index (χ3v) is 6.97. The monoisotopic (exact) mass is 497 g/mol. The predicted molar refractivity (Wildman–Crippen MR) is 149 cm³/mol. The number of rotatable bonds is 9. The van der Waals surface area contributed by atoms with E-state index in [1.54, 1.807) is 7.11 Å². The second kappa shape index (κ2) is 10.8. The van der Waals surface area contributed by atoms with Gasteiger partial charge in [-0.2, -0.15) is 0 Å². The lowest BCUT2D eigenvalue weighted by molar-refractivity contribution is 0.307. The Morgan fingerprint density at radius 1 is 0.972 bits per heavy atom. The highest BCUT2D eigenvalue weighted by Gasteiger charge is 2.41. The van der Waals surface area contributed by atoms with Crippen LogP contribution < -0.4 is 15.4 Å². The standard InChI is InChI=1S/C29H31N5OS/c1-21-12-17-26(34(21)23-13-15-24(35-2)16-14-23)28-27(25-11-6-7-18-31-25)32-29(36)33(28)20-8-19-30-22-9-4-3-5-10-22/h3-7,9-18,27-28,30H,8,19-20H2,1-2H3,(H,32,36). The number of hydrogen-bond acceptors (Lipinski definition) is 4. The van der Waals surface area contributed by atoms with E-state index >= 15 is 0 Å². The molecule has 5 rings (SSSR count). The first-order valence-corrected chi connectivity index (χ1v) is 12.7. The smallest absolute Gasteiger partial charge is 0.170 e. The summed E-state index contributed by atoms with van der Waals surface area (Å²) < 4.78 is 7.69. The highest BCUT2D eigenvalue weighted by molar-refractivity contribution is 7.80. The lowest BCUT2D eigenvalue weighted by atomic mass is 10.0. The summed E-state index contributed by atoms with van der Waals surface area (Å²) in [6.07, 6.45) is 2.79. The molecule has 0 saturated carbocycles. The van der Waals surface area contributed by atoms with Gasteiger partial charge in [-0.05, 0) is 86.2 Å². The van der Waals surface area contributed by atoms with E-state index in [9.17, 15) is 0 Å². The van der Waals surface area contributed by atoms with Gasteiger partial charge in [0.15, 0.2) is 5.11 Å². The van der Waals surface area contributed by atoms with Crippen molar-refractivity contribution in [3.8, 4) is 11.4 Å². The normalized spacial score (nSPS) is 17.2. The molecular formula is C29H31N5OS. The number of benzene rings is 2. The Labute approximate surface area is 217 Å². The number of thiocarbonyl (C=S) groups is 1. The summed E-state index contributed by atoms with van der Waals surface area (Å²) in [7, 11) is 1.69. The Bertz CT molecular complexity index is 1290. The van der Waals surface area contributed by atoms with Crippen molar-refractivity contribution in [1.82, 2.24) is 19.8 Å². The molecule has 2 atom stereocenters. The van der Waals surface area contributed by atoms with Gasteiger partial charge in [0.05, 0.1) is 24.9 Å². The van der Waals surface area contributed by atoms with Crippen molar-refractivity contribution in [1.29, 1.82) is 0 Å². The number of ether oxygens (including phenoxy) is 1. The van der Waals surface area contributed by atoms with E-state index in [-0.39, 0.29) is 12.1 Å². The van der Waals surface area contributed by atoms with E-state index in [0.717, 1.165) is 47.4 Å². The average Bonchev–Trinajstić information content (AvgIpc) is 3.46. The molecule has 1 saturated heterocycles. The van der Waals surface area contributed by atoms with Crippen LogP contribution in [0.15, 0.2) is 91.1 Å². The molecule has 0 spiro atoms. The summed E-state index contributed by atoms with van der Waals surface area (Å²) in [5, 5.41) is 7.85. The fraction of sp³-hybridized carbons (Fsp3) is 0.241. The highest BCUT2D eigenvalue weighted by atomic mass is 32.1. The molecule has 1 aliphatic rings. The molecule has 0 radical (unpaired) electrons. The number of nitrogens with one attached hydrogen (secondary N) is 2. The van der Waals surface area contributed by atoms with Crippen LogP contribution in [0.5, 0.6) is 5.75 Å². The van der Waals surface area contributed by atoms with Gasteiger partial charge in [-0.3, -0.25) is 4.98 Å². The highest BCUT2D eigenvalue weighted by Crippen LogP contribution is 2.40. The Morgan fingerprint density at radius 3 is 2.47 bits per heavy atom. The second-order valence-corrected chi connectivity index (χ2v) is 9.29. The molecule has 1 aliphatic heterocycles. The molecule has 0 bridgehead atoms. The van der Waals surface area contributed by atoms with Gasteiger partial charge in [-0.25, -0.2) is 0 Å².